The van der Waals surface area contributed by atoms with Crippen LogP contribution in [0.3, 0.4) is 0 Å². The molecule has 1 aromatic carbocycles. The zero-order chi connectivity index (χ0) is 17.9. The number of hydrogen-bond donors (Lipinski definition) is 1. The van der Waals surface area contributed by atoms with Crippen molar-refractivity contribution < 1.29 is 4.79 Å². The first-order valence-electron chi connectivity index (χ1n) is 9.07. The predicted molar refractivity (Wildman–Crippen MR) is 100 cm³/mol. The third-order valence-electron chi connectivity index (χ3n) is 5.07. The molecule has 26 heavy (non-hydrogen) atoms. The minimum absolute atomic E-state index is 0.154. The van der Waals surface area contributed by atoms with Gasteiger partial charge in [-0.15, -0.1) is 0 Å². The van der Waals surface area contributed by atoms with Gasteiger partial charge in [0.2, 0.25) is 0 Å². The molecule has 1 amide bonds. The van der Waals surface area contributed by atoms with Crippen LogP contribution in [0, 0.1) is 0 Å². The van der Waals surface area contributed by atoms with Crippen molar-refractivity contribution >= 4 is 11.6 Å². The number of nitrogens with one attached hydrogen (secondary N) is 1. The zero-order valence-electron chi connectivity index (χ0n) is 14.9. The van der Waals surface area contributed by atoms with E-state index in [9.17, 15) is 4.79 Å². The van der Waals surface area contributed by atoms with Crippen molar-refractivity contribution in [2.24, 2.45) is 0 Å². The molecule has 1 atom stereocenters. The smallest absolute Gasteiger partial charge is 0.256 e. The van der Waals surface area contributed by atoms with Crippen molar-refractivity contribution in [2.45, 2.75) is 25.3 Å². The summed E-state index contributed by atoms with van der Waals surface area (Å²) in [6.07, 6.45) is 5.68. The van der Waals surface area contributed by atoms with Crippen molar-refractivity contribution in [1.82, 2.24) is 24.8 Å². The highest BCUT2D eigenvalue weighted by molar-refractivity contribution is 5.99. The van der Waals surface area contributed by atoms with Crippen LogP contribution < -0.4 is 5.32 Å². The van der Waals surface area contributed by atoms with Crippen molar-refractivity contribution in [3.05, 3.63) is 65.6 Å². The molecule has 1 fully saturated rings. The highest BCUT2D eigenvalue weighted by Crippen LogP contribution is 2.28. The first-order chi connectivity index (χ1) is 12.8. The third kappa shape index (κ3) is 3.20. The van der Waals surface area contributed by atoms with Gasteiger partial charge in [0.15, 0.2) is 5.65 Å². The van der Waals surface area contributed by atoms with Crippen molar-refractivity contribution in [1.29, 1.82) is 0 Å². The number of amides is 1. The number of carbonyl (C=O) groups excluding carboxylic acids is 1. The lowest BCUT2D eigenvalue weighted by molar-refractivity contribution is 0.0964. The third-order valence-corrected chi connectivity index (χ3v) is 5.07. The minimum Gasteiger partial charge on any atom is -0.355 e. The van der Waals surface area contributed by atoms with Gasteiger partial charge in [0.05, 0.1) is 11.9 Å². The Morgan fingerprint density at radius 2 is 2.12 bits per heavy atom. The summed E-state index contributed by atoms with van der Waals surface area (Å²) in [5.74, 6) is 0.231. The molecule has 1 N–H and O–H groups in total. The molecule has 4 rings (SSSR count). The minimum atomic E-state index is -0.154. The Balaban J connectivity index is 1.59. The van der Waals surface area contributed by atoms with E-state index in [1.54, 1.807) is 19.4 Å². The highest BCUT2D eigenvalue weighted by Gasteiger charge is 2.25. The molecule has 1 aliphatic heterocycles. The van der Waals surface area contributed by atoms with Gasteiger partial charge < -0.3 is 5.32 Å². The lowest BCUT2D eigenvalue weighted by Crippen LogP contribution is -2.34. The maximum absolute atomic E-state index is 12.0. The molecule has 3 heterocycles. The number of aromatic nitrogens is 3. The zero-order valence-corrected chi connectivity index (χ0v) is 14.9. The Kier molecular flexibility index (Phi) is 4.67. The summed E-state index contributed by atoms with van der Waals surface area (Å²) in [6.45, 7) is 3.07. The van der Waals surface area contributed by atoms with Crippen LogP contribution in [0.15, 0.2) is 48.8 Å². The van der Waals surface area contributed by atoms with Crippen molar-refractivity contribution in [2.75, 3.05) is 20.1 Å². The summed E-state index contributed by atoms with van der Waals surface area (Å²) in [5, 5.41) is 7.10. The lowest BCUT2D eigenvalue weighted by Gasteiger charge is -2.33. The van der Waals surface area contributed by atoms with Gasteiger partial charge in [0, 0.05) is 32.3 Å². The van der Waals surface area contributed by atoms with Gasteiger partial charge in [-0.05, 0) is 31.0 Å². The van der Waals surface area contributed by atoms with E-state index in [0.29, 0.717) is 17.1 Å². The maximum atomic E-state index is 12.0. The van der Waals surface area contributed by atoms with Crippen LogP contribution in [0.5, 0.6) is 0 Å². The predicted octanol–water partition coefficient (Wildman–Crippen LogP) is 2.47. The Labute approximate surface area is 152 Å². The van der Waals surface area contributed by atoms with Crippen LogP contribution >= 0.6 is 0 Å². The fourth-order valence-corrected chi connectivity index (χ4v) is 3.80. The van der Waals surface area contributed by atoms with E-state index < -0.39 is 0 Å². The average molecular weight is 349 g/mol. The van der Waals surface area contributed by atoms with Crippen LogP contribution in [-0.2, 0) is 6.54 Å². The monoisotopic (exact) mass is 349 g/mol. The standard InChI is InChI=1S/C20H23N5O/c1-21-20(26)17-12-23-25-18(9-10-22-19(17)25)16-8-5-11-24(14-16)13-15-6-3-2-4-7-15/h2-4,6-7,9-10,12,16H,5,8,11,13-14H2,1H3,(H,21,26)/t16-/m1/s1. The number of benzene rings is 1. The average Bonchev–Trinajstić information content (AvgIpc) is 3.12. The normalized spacial score (nSPS) is 18.1. The Bertz CT molecular complexity index is 905. The van der Waals surface area contributed by atoms with E-state index in [-0.39, 0.29) is 5.91 Å². The van der Waals surface area contributed by atoms with Crippen LogP contribution in [0.25, 0.3) is 5.65 Å². The highest BCUT2D eigenvalue weighted by atomic mass is 16.1. The van der Waals surface area contributed by atoms with Crippen molar-refractivity contribution in [3.63, 3.8) is 0 Å². The van der Waals surface area contributed by atoms with Gasteiger partial charge in [-0.1, -0.05) is 30.3 Å². The van der Waals surface area contributed by atoms with Gasteiger partial charge in [-0.3, -0.25) is 9.69 Å². The molecular weight excluding hydrogens is 326 g/mol. The van der Waals surface area contributed by atoms with Gasteiger partial charge in [0.25, 0.3) is 5.91 Å². The van der Waals surface area contributed by atoms with E-state index in [0.717, 1.165) is 38.2 Å². The maximum Gasteiger partial charge on any atom is 0.256 e. The van der Waals surface area contributed by atoms with Crippen molar-refractivity contribution in [3.8, 4) is 0 Å². The Hall–Kier alpha value is -2.73. The number of piperidine rings is 1. The van der Waals surface area contributed by atoms with E-state index in [2.05, 4.69) is 50.6 Å². The molecule has 3 aromatic rings. The molecule has 134 valence electrons. The molecule has 6 heteroatoms. The molecule has 1 aliphatic rings. The largest absolute Gasteiger partial charge is 0.355 e. The summed E-state index contributed by atoms with van der Waals surface area (Å²) in [7, 11) is 1.62. The topological polar surface area (TPSA) is 62.5 Å². The molecule has 6 nitrogen and oxygen atoms in total. The van der Waals surface area contributed by atoms with Crippen LogP contribution in [-0.4, -0.2) is 45.5 Å². The molecule has 0 radical (unpaired) electrons. The molecule has 2 aromatic heterocycles. The van der Waals surface area contributed by atoms with E-state index in [4.69, 9.17) is 0 Å². The summed E-state index contributed by atoms with van der Waals surface area (Å²) >= 11 is 0. The molecule has 1 saturated heterocycles. The Morgan fingerprint density at radius 3 is 2.92 bits per heavy atom. The molecule has 0 unspecified atom stereocenters. The van der Waals surface area contributed by atoms with Crippen LogP contribution in [0.4, 0.5) is 0 Å². The molecule has 0 spiro atoms. The summed E-state index contributed by atoms with van der Waals surface area (Å²) < 4.78 is 1.83. The lowest BCUT2D eigenvalue weighted by atomic mass is 9.94. The second-order valence-corrected chi connectivity index (χ2v) is 6.80. The van der Waals surface area contributed by atoms with Gasteiger partial charge in [-0.25, -0.2) is 9.50 Å². The first-order valence-corrected chi connectivity index (χ1v) is 9.07. The van der Waals surface area contributed by atoms with Crippen LogP contribution in [0.2, 0.25) is 0 Å². The second kappa shape index (κ2) is 7.25. The van der Waals surface area contributed by atoms with E-state index >= 15 is 0 Å². The summed E-state index contributed by atoms with van der Waals surface area (Å²) in [4.78, 5) is 18.9. The Morgan fingerprint density at radius 1 is 1.27 bits per heavy atom. The van der Waals surface area contributed by atoms with E-state index in [1.165, 1.54) is 5.56 Å². The summed E-state index contributed by atoms with van der Waals surface area (Å²) in [5.41, 5.74) is 3.62. The van der Waals surface area contributed by atoms with Gasteiger partial charge in [-0.2, -0.15) is 5.10 Å². The fourth-order valence-electron chi connectivity index (χ4n) is 3.80. The quantitative estimate of drug-likeness (QED) is 0.786. The number of rotatable bonds is 4. The molecule has 0 saturated carbocycles. The number of carbonyl (C=O) groups is 1. The number of nitrogens with zero attached hydrogens (tertiary/aromatic N) is 4. The number of hydrogen-bond acceptors (Lipinski definition) is 4. The molecule has 0 aliphatic carbocycles. The molecule has 0 bridgehead atoms. The number of fused-ring (bicyclic) bond motifs is 1. The fraction of sp³-hybridized carbons (Fsp3) is 0.350. The van der Waals surface area contributed by atoms with Gasteiger partial charge in [0.1, 0.15) is 5.56 Å². The van der Waals surface area contributed by atoms with E-state index in [1.807, 2.05) is 10.6 Å². The summed E-state index contributed by atoms with van der Waals surface area (Å²) in [6, 6.07) is 12.6. The van der Waals surface area contributed by atoms with Crippen LogP contribution in [0.1, 0.15) is 40.4 Å². The molecular formula is C20H23N5O. The number of likely N-dealkylation sites (tertiary alicyclic amines) is 1. The first kappa shape index (κ1) is 16.7. The second-order valence-electron chi connectivity index (χ2n) is 6.80. The van der Waals surface area contributed by atoms with Gasteiger partial charge >= 0.3 is 0 Å². The SMILES string of the molecule is CNC(=O)c1cnn2c([C@@H]3CCCN(Cc4ccccc4)C3)ccnc12.